The van der Waals surface area contributed by atoms with Crippen LogP contribution in [0.2, 0.25) is 5.02 Å². The van der Waals surface area contributed by atoms with Gasteiger partial charge in [0.25, 0.3) is 5.56 Å². The van der Waals surface area contributed by atoms with E-state index in [1.165, 1.54) is 0 Å². The van der Waals surface area contributed by atoms with Gasteiger partial charge in [-0.15, -0.1) is 0 Å². The Balaban J connectivity index is 1.74. The van der Waals surface area contributed by atoms with Crippen molar-refractivity contribution in [3.8, 4) is 11.3 Å². The second kappa shape index (κ2) is 7.44. The first-order chi connectivity index (χ1) is 13.8. The molecule has 0 unspecified atom stereocenters. The van der Waals surface area contributed by atoms with Crippen LogP contribution in [0, 0.1) is 5.41 Å². The summed E-state index contributed by atoms with van der Waals surface area (Å²) in [6.07, 6.45) is 3.33. The van der Waals surface area contributed by atoms with Crippen LogP contribution < -0.4 is 10.5 Å². The van der Waals surface area contributed by atoms with E-state index < -0.39 is 0 Å². The Morgan fingerprint density at radius 3 is 2.48 bits per heavy atom. The summed E-state index contributed by atoms with van der Waals surface area (Å²) in [5.74, 6) is 0.473. The van der Waals surface area contributed by atoms with Crippen molar-refractivity contribution in [1.82, 2.24) is 14.5 Å². The van der Waals surface area contributed by atoms with Crippen LogP contribution in [0.3, 0.4) is 0 Å². The van der Waals surface area contributed by atoms with Crippen LogP contribution in [0.15, 0.2) is 59.7 Å². The highest BCUT2D eigenvalue weighted by atomic mass is 35.5. The number of halogens is 1. The number of carbonyl (C=O) groups is 1. The minimum atomic E-state index is -0.170. The Bertz CT molecular complexity index is 1110. The summed E-state index contributed by atoms with van der Waals surface area (Å²) in [6, 6.07) is 12.0. The maximum Gasteiger partial charge on any atom is 0.255 e. The van der Waals surface area contributed by atoms with Gasteiger partial charge in [-0.25, -0.2) is 4.98 Å². The molecule has 0 N–H and O–H groups in total. The number of rotatable bonds is 4. The van der Waals surface area contributed by atoms with Crippen molar-refractivity contribution in [2.75, 3.05) is 18.0 Å². The normalized spacial score (nSPS) is 15.1. The Morgan fingerprint density at radius 1 is 1.10 bits per heavy atom. The van der Waals surface area contributed by atoms with E-state index in [2.05, 4.69) is 18.8 Å². The first kappa shape index (κ1) is 19.3. The van der Waals surface area contributed by atoms with E-state index in [1.54, 1.807) is 47.3 Å². The van der Waals surface area contributed by atoms with Crippen LogP contribution in [0.5, 0.6) is 0 Å². The fraction of sp³-hybridized carbons (Fsp3) is 0.273. The van der Waals surface area contributed by atoms with Gasteiger partial charge in [0.2, 0.25) is 5.95 Å². The summed E-state index contributed by atoms with van der Waals surface area (Å²) in [5, 5.41) is 0.584. The highest BCUT2D eigenvalue weighted by Crippen LogP contribution is 2.30. The van der Waals surface area contributed by atoms with Gasteiger partial charge < -0.3 is 4.90 Å². The summed E-state index contributed by atoms with van der Waals surface area (Å²) in [5.41, 5.74) is 1.67. The monoisotopic (exact) mass is 408 g/mol. The van der Waals surface area contributed by atoms with Crippen molar-refractivity contribution >= 4 is 23.3 Å². The summed E-state index contributed by atoms with van der Waals surface area (Å²) in [7, 11) is 0. The van der Waals surface area contributed by atoms with Crippen molar-refractivity contribution in [3.05, 3.63) is 75.8 Å². The highest BCUT2D eigenvalue weighted by molar-refractivity contribution is 6.30. The molecule has 0 spiro atoms. The Hall–Kier alpha value is -2.99. The lowest BCUT2D eigenvalue weighted by Gasteiger charge is -2.40. The zero-order valence-corrected chi connectivity index (χ0v) is 17.1. The smallest absolute Gasteiger partial charge is 0.255 e. The summed E-state index contributed by atoms with van der Waals surface area (Å²) < 4.78 is 1.66. The van der Waals surface area contributed by atoms with Crippen LogP contribution in [-0.2, 0) is 6.54 Å². The maximum atomic E-state index is 12.9. The van der Waals surface area contributed by atoms with E-state index in [0.29, 0.717) is 35.3 Å². The van der Waals surface area contributed by atoms with Gasteiger partial charge in [-0.05, 0) is 36.4 Å². The van der Waals surface area contributed by atoms with Crippen molar-refractivity contribution in [3.63, 3.8) is 0 Å². The van der Waals surface area contributed by atoms with Crippen molar-refractivity contribution in [2.45, 2.75) is 20.4 Å². The van der Waals surface area contributed by atoms with Gasteiger partial charge in [-0.2, -0.15) is 0 Å². The molecule has 6 nitrogen and oxygen atoms in total. The average molecular weight is 409 g/mol. The van der Waals surface area contributed by atoms with Crippen molar-refractivity contribution < 1.29 is 4.79 Å². The fourth-order valence-corrected chi connectivity index (χ4v) is 3.77. The largest absolute Gasteiger partial charge is 0.334 e. The third-order valence-corrected chi connectivity index (χ3v) is 5.20. The lowest BCUT2D eigenvalue weighted by atomic mass is 9.90. The lowest BCUT2D eigenvalue weighted by Crippen LogP contribution is -2.49. The molecule has 2 aromatic heterocycles. The molecule has 1 aromatic carbocycles. The third kappa shape index (κ3) is 4.07. The Kier molecular flexibility index (Phi) is 4.96. The molecule has 0 amide bonds. The van der Waals surface area contributed by atoms with Gasteiger partial charge in [-0.3, -0.25) is 19.1 Å². The van der Waals surface area contributed by atoms with Crippen molar-refractivity contribution in [2.24, 2.45) is 5.41 Å². The first-order valence-corrected chi connectivity index (χ1v) is 9.76. The van der Waals surface area contributed by atoms with E-state index in [4.69, 9.17) is 16.6 Å². The Morgan fingerprint density at radius 2 is 1.79 bits per heavy atom. The highest BCUT2D eigenvalue weighted by Gasteiger charge is 2.33. The second-order valence-electron chi connectivity index (χ2n) is 8.05. The number of benzene rings is 1. The van der Waals surface area contributed by atoms with Crippen LogP contribution >= 0.6 is 11.6 Å². The maximum absolute atomic E-state index is 12.9. The summed E-state index contributed by atoms with van der Waals surface area (Å²) in [6.45, 7) is 5.48. The predicted octanol–water partition coefficient (Wildman–Crippen LogP) is 3.69. The van der Waals surface area contributed by atoms with E-state index in [0.717, 1.165) is 5.56 Å². The molecule has 7 heteroatoms. The standard InChI is InChI=1S/C22H21ClN4O2/c1-22(2)13-26(12-19(28)16-3-5-17(23)6-4-16)21-25-18(11-20(29)27(21)14-22)15-7-9-24-10-8-15/h3-11H,12-14H2,1-2H3. The molecular formula is C22H21ClN4O2. The lowest BCUT2D eigenvalue weighted by molar-refractivity contribution is 0.0993. The van der Waals surface area contributed by atoms with Gasteiger partial charge >= 0.3 is 0 Å². The minimum Gasteiger partial charge on any atom is -0.334 e. The molecule has 1 aliphatic heterocycles. The molecule has 4 rings (SSSR count). The number of ketones is 1. The number of aromatic nitrogens is 3. The molecule has 1 aliphatic rings. The number of fused-ring (bicyclic) bond motifs is 1. The van der Waals surface area contributed by atoms with Crippen LogP contribution in [-0.4, -0.2) is 33.4 Å². The molecule has 0 saturated heterocycles. The molecule has 0 fully saturated rings. The number of carbonyl (C=O) groups excluding carboxylic acids is 1. The topological polar surface area (TPSA) is 68.1 Å². The summed E-state index contributed by atoms with van der Waals surface area (Å²) >= 11 is 5.93. The molecular weight excluding hydrogens is 388 g/mol. The van der Waals surface area contributed by atoms with Gasteiger partial charge in [0.1, 0.15) is 0 Å². The number of hydrogen-bond donors (Lipinski definition) is 0. The van der Waals surface area contributed by atoms with E-state index in [1.807, 2.05) is 17.0 Å². The van der Waals surface area contributed by atoms with Crippen molar-refractivity contribution in [1.29, 1.82) is 0 Å². The molecule has 0 atom stereocenters. The van der Waals surface area contributed by atoms with Crippen LogP contribution in [0.25, 0.3) is 11.3 Å². The summed E-state index contributed by atoms with van der Waals surface area (Å²) in [4.78, 5) is 36.4. The number of hydrogen-bond acceptors (Lipinski definition) is 5. The number of Topliss-reactive ketones (excluding diaryl/α,β-unsaturated/α-hetero) is 1. The number of anilines is 1. The quantitative estimate of drug-likeness (QED) is 0.616. The zero-order chi connectivity index (χ0) is 20.6. The minimum absolute atomic E-state index is 0.0468. The number of pyridine rings is 1. The van der Waals surface area contributed by atoms with E-state index in [-0.39, 0.29) is 23.3 Å². The van der Waals surface area contributed by atoms with Crippen LogP contribution in [0.4, 0.5) is 5.95 Å². The average Bonchev–Trinajstić information content (AvgIpc) is 2.69. The van der Waals surface area contributed by atoms with Gasteiger partial charge in [-0.1, -0.05) is 25.4 Å². The van der Waals surface area contributed by atoms with Gasteiger partial charge in [0, 0.05) is 53.1 Å². The molecule has 29 heavy (non-hydrogen) atoms. The van der Waals surface area contributed by atoms with E-state index >= 15 is 0 Å². The predicted molar refractivity (Wildman–Crippen MR) is 114 cm³/mol. The Labute approximate surface area is 173 Å². The SMILES string of the molecule is CC1(C)CN(CC(=O)c2ccc(Cl)cc2)c2nc(-c3ccncc3)cc(=O)n2C1. The molecule has 3 aromatic rings. The molecule has 0 aliphatic carbocycles. The third-order valence-electron chi connectivity index (χ3n) is 4.95. The molecule has 0 radical (unpaired) electrons. The molecule has 0 bridgehead atoms. The van der Waals surface area contributed by atoms with E-state index in [9.17, 15) is 9.59 Å². The second-order valence-corrected chi connectivity index (χ2v) is 8.49. The van der Waals surface area contributed by atoms with Gasteiger partial charge in [0.15, 0.2) is 5.78 Å². The van der Waals surface area contributed by atoms with Crippen LogP contribution in [0.1, 0.15) is 24.2 Å². The molecule has 3 heterocycles. The molecule has 0 saturated carbocycles. The fourth-order valence-electron chi connectivity index (χ4n) is 3.65. The number of nitrogens with zero attached hydrogens (tertiary/aromatic N) is 4. The molecule has 148 valence electrons. The first-order valence-electron chi connectivity index (χ1n) is 9.38. The zero-order valence-electron chi connectivity index (χ0n) is 16.3. The van der Waals surface area contributed by atoms with Gasteiger partial charge in [0.05, 0.1) is 12.2 Å².